The average molecular weight is 404 g/mol. The Kier molecular flexibility index (Phi) is 6.25. The Balaban J connectivity index is 1.65. The minimum atomic E-state index is 0.0670. The van der Waals surface area contributed by atoms with Gasteiger partial charge in [0.05, 0.1) is 4.91 Å². The van der Waals surface area contributed by atoms with Crippen LogP contribution in [-0.2, 0) is 4.79 Å². The topological polar surface area (TPSA) is 45.6 Å². The lowest BCUT2D eigenvalue weighted by molar-refractivity contribution is -0.124. The smallest absolute Gasteiger partial charge is 0.266 e. The number of thioether (sulfide) groups is 1. The summed E-state index contributed by atoms with van der Waals surface area (Å²) in [6.07, 6.45) is 11.5. The Morgan fingerprint density at radius 1 is 1.10 bits per heavy atom. The largest absolute Gasteiger partial charge is 0.283 e. The van der Waals surface area contributed by atoms with E-state index in [9.17, 15) is 4.79 Å². The predicted octanol–water partition coefficient (Wildman–Crippen LogP) is 5.96. The zero-order valence-corrected chi connectivity index (χ0v) is 17.4. The van der Waals surface area contributed by atoms with Gasteiger partial charge in [0.25, 0.3) is 5.91 Å². The van der Waals surface area contributed by atoms with E-state index < -0.39 is 0 Å². The summed E-state index contributed by atoms with van der Waals surface area (Å²) in [6.45, 7) is 2.03. The molecule has 0 spiro atoms. The molecule has 0 atom stereocenters. The van der Waals surface area contributed by atoms with Crippen molar-refractivity contribution in [2.45, 2.75) is 45.1 Å². The van der Waals surface area contributed by atoms with Crippen LogP contribution in [0.4, 0.5) is 5.82 Å². The van der Waals surface area contributed by atoms with Crippen molar-refractivity contribution >= 4 is 34.7 Å². The Morgan fingerprint density at radius 2 is 1.86 bits per heavy atom. The Hall–Kier alpha value is -2.66. The fourth-order valence-corrected chi connectivity index (χ4v) is 4.90. The number of hydrogen-bond donors (Lipinski definition) is 0. The van der Waals surface area contributed by atoms with Gasteiger partial charge in [0.15, 0.2) is 11.0 Å². The number of aliphatic imine (C=N–C) groups is 1. The molecule has 148 valence electrons. The maximum absolute atomic E-state index is 13.3. The van der Waals surface area contributed by atoms with Gasteiger partial charge in [-0.15, -0.1) is 0 Å². The molecule has 29 heavy (non-hydrogen) atoms. The van der Waals surface area contributed by atoms with Crippen molar-refractivity contribution in [2.24, 2.45) is 4.99 Å². The van der Waals surface area contributed by atoms with Gasteiger partial charge < -0.3 is 0 Å². The molecule has 2 heterocycles. The second kappa shape index (κ2) is 9.23. The van der Waals surface area contributed by atoms with Gasteiger partial charge in [0, 0.05) is 12.2 Å². The monoisotopic (exact) mass is 403 g/mol. The van der Waals surface area contributed by atoms with Gasteiger partial charge in [-0.2, -0.15) is 0 Å². The van der Waals surface area contributed by atoms with Gasteiger partial charge in [0.2, 0.25) is 0 Å². The normalized spacial score (nSPS) is 21.3. The highest BCUT2D eigenvalue weighted by Crippen LogP contribution is 2.38. The van der Waals surface area contributed by atoms with E-state index in [2.05, 4.69) is 23.2 Å². The zero-order valence-electron chi connectivity index (χ0n) is 16.6. The van der Waals surface area contributed by atoms with Crippen LogP contribution in [0.25, 0.3) is 6.08 Å². The minimum Gasteiger partial charge on any atom is -0.283 e. The number of amidine groups is 1. The van der Waals surface area contributed by atoms with E-state index in [1.165, 1.54) is 31.0 Å². The first-order valence-corrected chi connectivity index (χ1v) is 11.0. The van der Waals surface area contributed by atoms with Gasteiger partial charge in [-0.3, -0.25) is 9.69 Å². The number of hydrogen-bond acceptors (Lipinski definition) is 4. The zero-order chi connectivity index (χ0) is 20.1. The quantitative estimate of drug-likeness (QED) is 0.591. The fourth-order valence-electron chi connectivity index (χ4n) is 3.80. The summed E-state index contributed by atoms with van der Waals surface area (Å²) in [7, 11) is 0. The highest BCUT2D eigenvalue weighted by Gasteiger charge is 2.38. The molecule has 2 aromatic rings. The number of pyridine rings is 1. The van der Waals surface area contributed by atoms with E-state index in [4.69, 9.17) is 4.99 Å². The van der Waals surface area contributed by atoms with Crippen LogP contribution in [0.2, 0.25) is 0 Å². The molecule has 1 aliphatic heterocycles. The molecule has 2 fully saturated rings. The first kappa shape index (κ1) is 19.6. The van der Waals surface area contributed by atoms with Crippen LogP contribution in [0, 0.1) is 0 Å². The number of amides is 1. The van der Waals surface area contributed by atoms with Crippen LogP contribution >= 0.6 is 11.8 Å². The third-order valence-corrected chi connectivity index (χ3v) is 6.17. The van der Waals surface area contributed by atoms with Crippen molar-refractivity contribution in [1.82, 2.24) is 9.88 Å². The van der Waals surface area contributed by atoms with E-state index in [1.807, 2.05) is 54.3 Å². The van der Waals surface area contributed by atoms with E-state index in [-0.39, 0.29) is 11.9 Å². The van der Waals surface area contributed by atoms with E-state index in [1.54, 1.807) is 6.20 Å². The van der Waals surface area contributed by atoms with Crippen molar-refractivity contribution < 1.29 is 4.79 Å². The average Bonchev–Trinajstić information content (AvgIpc) is 3.04. The fraction of sp³-hybridized carbons (Fsp3) is 0.292. The molecule has 2 aliphatic rings. The summed E-state index contributed by atoms with van der Waals surface area (Å²) in [5.41, 5.74) is 2.18. The molecule has 1 aromatic carbocycles. The summed E-state index contributed by atoms with van der Waals surface area (Å²) in [6, 6.07) is 16.1. The summed E-state index contributed by atoms with van der Waals surface area (Å²) in [5, 5.41) is 0.749. The first-order chi connectivity index (χ1) is 14.2. The second-order valence-electron chi connectivity index (χ2n) is 7.46. The number of rotatable bonds is 4. The summed E-state index contributed by atoms with van der Waals surface area (Å²) in [5.74, 6) is 0.707. The van der Waals surface area contributed by atoms with Crippen LogP contribution in [0.3, 0.4) is 0 Å². The standard InChI is InChI=1S/C24H25N3OS/c1-18(16-19-10-4-2-5-11-19)17-21-23(28)27(20-12-6-3-7-13-20)24(29-21)26-22-14-8-9-15-25-22/h2,4-5,8-11,14-17,20H,3,6-7,12-13H2,1H3/b18-16+,21-17-,26-24+. The van der Waals surface area contributed by atoms with Gasteiger partial charge in [0.1, 0.15) is 0 Å². The van der Waals surface area contributed by atoms with Crippen LogP contribution in [0.1, 0.15) is 44.6 Å². The lowest BCUT2D eigenvalue weighted by Gasteiger charge is -2.30. The molecule has 0 unspecified atom stereocenters. The van der Waals surface area contributed by atoms with E-state index in [0.717, 1.165) is 34.1 Å². The Morgan fingerprint density at radius 3 is 2.59 bits per heavy atom. The Bertz CT molecular complexity index is 945. The van der Waals surface area contributed by atoms with Gasteiger partial charge in [-0.05, 0) is 60.9 Å². The van der Waals surface area contributed by atoms with Crippen molar-refractivity contribution in [2.75, 3.05) is 0 Å². The van der Waals surface area contributed by atoms with Gasteiger partial charge >= 0.3 is 0 Å². The molecule has 1 aliphatic carbocycles. The van der Waals surface area contributed by atoms with Crippen LogP contribution in [0.15, 0.2) is 76.3 Å². The molecule has 0 bridgehead atoms. The molecule has 4 rings (SSSR count). The summed E-state index contributed by atoms with van der Waals surface area (Å²) in [4.78, 5) is 25.0. The maximum Gasteiger partial charge on any atom is 0.266 e. The molecule has 1 amide bonds. The third-order valence-electron chi connectivity index (χ3n) is 5.19. The van der Waals surface area contributed by atoms with Crippen molar-refractivity contribution in [3.8, 4) is 0 Å². The lowest BCUT2D eigenvalue weighted by Crippen LogP contribution is -2.40. The van der Waals surface area contributed by atoms with E-state index >= 15 is 0 Å². The van der Waals surface area contributed by atoms with Crippen molar-refractivity contribution in [1.29, 1.82) is 0 Å². The number of nitrogens with zero attached hydrogens (tertiary/aromatic N) is 3. The molecular formula is C24H25N3OS. The number of carbonyl (C=O) groups is 1. The SMILES string of the molecule is CC(/C=C1\S/C(=N/c2ccccn2)N(C2CCCCC2)C1=O)=C\c1ccccc1. The maximum atomic E-state index is 13.3. The minimum absolute atomic E-state index is 0.0670. The molecule has 1 saturated carbocycles. The van der Waals surface area contributed by atoms with Crippen LogP contribution in [0.5, 0.6) is 0 Å². The second-order valence-corrected chi connectivity index (χ2v) is 8.47. The number of allylic oxidation sites excluding steroid dienone is 2. The van der Waals surface area contributed by atoms with E-state index in [0.29, 0.717) is 5.82 Å². The molecule has 1 saturated heterocycles. The number of carbonyl (C=O) groups excluding carboxylic acids is 1. The van der Waals surface area contributed by atoms with Crippen LogP contribution in [-0.4, -0.2) is 27.0 Å². The molecule has 0 N–H and O–H groups in total. The first-order valence-electron chi connectivity index (χ1n) is 10.2. The predicted molar refractivity (Wildman–Crippen MR) is 121 cm³/mol. The number of aromatic nitrogens is 1. The van der Waals surface area contributed by atoms with Crippen molar-refractivity contribution in [3.05, 3.63) is 76.8 Å². The third kappa shape index (κ3) is 4.85. The van der Waals surface area contributed by atoms with Gasteiger partial charge in [-0.1, -0.05) is 61.7 Å². The van der Waals surface area contributed by atoms with Gasteiger partial charge in [-0.25, -0.2) is 9.98 Å². The molecule has 4 nitrogen and oxygen atoms in total. The number of benzene rings is 1. The van der Waals surface area contributed by atoms with Crippen LogP contribution < -0.4 is 0 Å². The summed E-state index contributed by atoms with van der Waals surface area (Å²) >= 11 is 1.46. The highest BCUT2D eigenvalue weighted by molar-refractivity contribution is 8.18. The molecule has 1 aromatic heterocycles. The molecule has 5 heteroatoms. The lowest BCUT2D eigenvalue weighted by atomic mass is 9.94. The van der Waals surface area contributed by atoms with Crippen molar-refractivity contribution in [3.63, 3.8) is 0 Å². The molecule has 0 radical (unpaired) electrons. The highest BCUT2D eigenvalue weighted by atomic mass is 32.2. The Labute approximate surface area is 176 Å². The molecular weight excluding hydrogens is 378 g/mol. The summed E-state index contributed by atoms with van der Waals surface area (Å²) < 4.78 is 0.